The summed E-state index contributed by atoms with van der Waals surface area (Å²) in [6.07, 6.45) is 44.9. The summed E-state index contributed by atoms with van der Waals surface area (Å²) < 4.78 is 2.22. The molecule has 2 aromatic heterocycles. The summed E-state index contributed by atoms with van der Waals surface area (Å²) in [6.45, 7) is 13.6. The van der Waals surface area contributed by atoms with E-state index in [-0.39, 0.29) is 5.91 Å². The number of anilines is 1. The van der Waals surface area contributed by atoms with Crippen LogP contribution in [0.3, 0.4) is 0 Å². The van der Waals surface area contributed by atoms with Crippen LogP contribution in [0.15, 0.2) is 30.6 Å². The molecule has 7 nitrogen and oxygen atoms in total. The highest BCUT2D eigenvalue weighted by Crippen LogP contribution is 2.30. The van der Waals surface area contributed by atoms with Gasteiger partial charge in [0.05, 0.1) is 17.4 Å². The van der Waals surface area contributed by atoms with Crippen LogP contribution in [0.1, 0.15) is 233 Å². The van der Waals surface area contributed by atoms with Crippen molar-refractivity contribution in [1.29, 1.82) is 0 Å². The summed E-state index contributed by atoms with van der Waals surface area (Å²) in [4.78, 5) is 28.5. The van der Waals surface area contributed by atoms with Gasteiger partial charge < -0.3 is 19.7 Å². The molecule has 7 heteroatoms. The Morgan fingerprint density at radius 1 is 0.645 bits per heavy atom. The van der Waals surface area contributed by atoms with E-state index in [1.165, 1.54) is 206 Å². The zero-order valence-corrected chi connectivity index (χ0v) is 41.2. The third-order valence-electron chi connectivity index (χ3n) is 14.1. The Kier molecular flexibility index (Phi) is 27.1. The Balaban J connectivity index is 1.17. The Morgan fingerprint density at radius 3 is 1.65 bits per heavy atom. The molecule has 0 aliphatic heterocycles. The molecule has 1 fully saturated rings. The molecular weight excluding hydrogens is 761 g/mol. The number of pyridine rings is 1. The van der Waals surface area contributed by atoms with Gasteiger partial charge in [-0.25, -0.2) is 9.97 Å². The normalized spacial score (nSPS) is 15.9. The van der Waals surface area contributed by atoms with Crippen molar-refractivity contribution in [1.82, 2.24) is 24.3 Å². The highest BCUT2D eigenvalue weighted by Gasteiger charge is 2.27. The van der Waals surface area contributed by atoms with Crippen molar-refractivity contribution in [2.45, 2.75) is 252 Å². The van der Waals surface area contributed by atoms with Gasteiger partial charge in [-0.1, -0.05) is 194 Å². The average molecular weight is 857 g/mol. The molecule has 1 aliphatic rings. The van der Waals surface area contributed by atoms with Crippen LogP contribution in [0.4, 0.5) is 5.82 Å². The number of carbonyl (C=O) groups excluding carboxylic acids is 1. The van der Waals surface area contributed by atoms with Crippen LogP contribution in [0.5, 0.6) is 0 Å². The molecule has 352 valence electrons. The molecule has 1 saturated carbocycles. The van der Waals surface area contributed by atoms with E-state index in [0.29, 0.717) is 18.2 Å². The molecule has 0 spiro atoms. The van der Waals surface area contributed by atoms with Crippen molar-refractivity contribution in [2.24, 2.45) is 5.92 Å². The first-order chi connectivity index (χ1) is 30.4. The Morgan fingerprint density at radius 2 is 1.11 bits per heavy atom. The van der Waals surface area contributed by atoms with Crippen molar-refractivity contribution in [3.63, 3.8) is 0 Å². The van der Waals surface area contributed by atoms with Gasteiger partial charge in [-0.05, 0) is 90.0 Å². The summed E-state index contributed by atoms with van der Waals surface area (Å²) in [5.74, 6) is 1.13. The molecule has 1 amide bonds. The van der Waals surface area contributed by atoms with E-state index in [1.807, 2.05) is 18.5 Å². The van der Waals surface area contributed by atoms with Crippen LogP contribution in [0.2, 0.25) is 0 Å². The van der Waals surface area contributed by atoms with Gasteiger partial charge in [0.1, 0.15) is 5.52 Å². The molecular formula is C55H96N6O. The minimum atomic E-state index is 0.0479. The van der Waals surface area contributed by atoms with E-state index in [4.69, 9.17) is 9.97 Å². The molecule has 0 bridgehead atoms. The molecule has 0 radical (unpaired) electrons. The Bertz CT molecular complexity index is 1580. The van der Waals surface area contributed by atoms with Gasteiger partial charge in [-0.15, -0.1) is 0 Å². The number of benzene rings is 1. The van der Waals surface area contributed by atoms with Crippen molar-refractivity contribution in [2.75, 3.05) is 32.0 Å². The fourth-order valence-corrected chi connectivity index (χ4v) is 10.3. The number of amides is 1. The van der Waals surface area contributed by atoms with Gasteiger partial charge in [0.15, 0.2) is 5.82 Å². The first kappa shape index (κ1) is 52.1. The molecule has 4 rings (SSSR count). The number of nitrogens with zero attached hydrogens (tertiary/aromatic N) is 5. The van der Waals surface area contributed by atoms with E-state index in [1.54, 1.807) is 0 Å². The van der Waals surface area contributed by atoms with Crippen LogP contribution in [-0.4, -0.2) is 69.0 Å². The van der Waals surface area contributed by atoms with Crippen molar-refractivity contribution in [3.8, 4) is 0 Å². The monoisotopic (exact) mass is 857 g/mol. The lowest BCUT2D eigenvalue weighted by atomic mass is 9.88. The van der Waals surface area contributed by atoms with Gasteiger partial charge in [-0.2, -0.15) is 0 Å². The van der Waals surface area contributed by atoms with Gasteiger partial charge in [0.25, 0.3) is 0 Å². The summed E-state index contributed by atoms with van der Waals surface area (Å²) in [6, 6.07) is 9.70. The molecule has 0 unspecified atom stereocenters. The van der Waals surface area contributed by atoms with E-state index < -0.39 is 0 Å². The van der Waals surface area contributed by atoms with Gasteiger partial charge in [0.2, 0.25) is 5.91 Å². The van der Waals surface area contributed by atoms with Crippen LogP contribution in [0, 0.1) is 5.92 Å². The zero-order valence-electron chi connectivity index (χ0n) is 41.2. The lowest BCUT2D eigenvalue weighted by molar-refractivity contribution is -0.116. The summed E-state index contributed by atoms with van der Waals surface area (Å²) in [5.41, 5.74) is 2.75. The minimum absolute atomic E-state index is 0.0479. The Labute approximate surface area is 381 Å². The molecule has 2 heterocycles. The van der Waals surface area contributed by atoms with Gasteiger partial charge in [-0.3, -0.25) is 4.79 Å². The zero-order chi connectivity index (χ0) is 44.0. The number of unbranched alkanes of at least 4 members (excludes halogenated alkanes) is 24. The highest BCUT2D eigenvalue weighted by atomic mass is 16.1. The summed E-state index contributed by atoms with van der Waals surface area (Å²) in [5, 5.41) is 4.25. The maximum Gasteiger partial charge on any atom is 0.225 e. The smallest absolute Gasteiger partial charge is 0.225 e. The second kappa shape index (κ2) is 32.2. The number of hydrogen-bond acceptors (Lipinski definition) is 5. The number of imidazole rings is 1. The fraction of sp³-hybridized carbons (Fsp3) is 0.800. The van der Waals surface area contributed by atoms with Crippen molar-refractivity contribution >= 4 is 33.7 Å². The number of para-hydroxylation sites is 1. The predicted octanol–water partition coefficient (Wildman–Crippen LogP) is 15.7. The third kappa shape index (κ3) is 20.1. The standard InChI is InChI=1S/C55H96N6O/c1-6-8-10-12-14-16-18-20-22-24-26-32-42-59(5)48-38-40-49(41-39-48)60(43-33-27-25-23-21-19-17-15-13-11-9-7-2)44-34-28-29-37-52(62)58-55-53-54(61(46-56-53)45-47(3)4)50-35-30-31-36-51(50)57-55/h30-31,35-36,46-49H,6-29,32-34,37-45H2,1-5H3,(H,57,58,62). The SMILES string of the molecule is CCCCCCCCCCCCCCN(C)C1CCC(N(CCCCCCCCCCCCCC)CCCCCC(=O)Nc2nc3ccccc3c3c2ncn3CC(C)C)CC1. The fourth-order valence-electron chi connectivity index (χ4n) is 10.3. The molecule has 0 saturated heterocycles. The van der Waals surface area contributed by atoms with Crippen LogP contribution < -0.4 is 5.32 Å². The molecule has 0 atom stereocenters. The predicted molar refractivity (Wildman–Crippen MR) is 269 cm³/mol. The second-order valence-electron chi connectivity index (χ2n) is 20.1. The van der Waals surface area contributed by atoms with Crippen molar-refractivity contribution < 1.29 is 4.79 Å². The maximum absolute atomic E-state index is 13.3. The van der Waals surface area contributed by atoms with Crippen molar-refractivity contribution in [3.05, 3.63) is 30.6 Å². The topological polar surface area (TPSA) is 66.3 Å². The minimum Gasteiger partial charge on any atom is -0.330 e. The van der Waals surface area contributed by atoms with Crippen LogP contribution in [0.25, 0.3) is 21.9 Å². The molecule has 1 N–H and O–H groups in total. The maximum atomic E-state index is 13.3. The molecule has 62 heavy (non-hydrogen) atoms. The summed E-state index contributed by atoms with van der Waals surface area (Å²) >= 11 is 0. The molecule has 1 aliphatic carbocycles. The van der Waals surface area contributed by atoms with Crippen LogP contribution in [-0.2, 0) is 11.3 Å². The summed E-state index contributed by atoms with van der Waals surface area (Å²) in [7, 11) is 2.40. The highest BCUT2D eigenvalue weighted by molar-refractivity contribution is 6.09. The number of carbonyl (C=O) groups is 1. The lowest BCUT2D eigenvalue weighted by Crippen LogP contribution is -2.44. The molecule has 1 aromatic carbocycles. The molecule has 3 aromatic rings. The average Bonchev–Trinajstić information content (AvgIpc) is 3.69. The van der Waals surface area contributed by atoms with E-state index in [2.05, 4.69) is 66.6 Å². The number of fused-ring (bicyclic) bond motifs is 3. The lowest BCUT2D eigenvalue weighted by Gasteiger charge is -2.40. The number of rotatable bonds is 37. The number of nitrogens with one attached hydrogen (secondary N) is 1. The number of aromatic nitrogens is 3. The van der Waals surface area contributed by atoms with Crippen LogP contribution >= 0.6 is 0 Å². The second-order valence-corrected chi connectivity index (χ2v) is 20.1. The largest absolute Gasteiger partial charge is 0.330 e. The first-order valence-electron chi connectivity index (χ1n) is 26.9. The van der Waals surface area contributed by atoms with E-state index >= 15 is 0 Å². The Hall–Kier alpha value is -2.51. The quantitative estimate of drug-likeness (QED) is 0.0585. The van der Waals surface area contributed by atoms with Gasteiger partial charge >= 0.3 is 0 Å². The van der Waals surface area contributed by atoms with E-state index in [9.17, 15) is 4.79 Å². The third-order valence-corrected chi connectivity index (χ3v) is 14.1. The number of hydrogen-bond donors (Lipinski definition) is 1. The first-order valence-corrected chi connectivity index (χ1v) is 26.9. The van der Waals surface area contributed by atoms with E-state index in [0.717, 1.165) is 53.4 Å². The van der Waals surface area contributed by atoms with Gasteiger partial charge in [0, 0.05) is 30.4 Å².